The second kappa shape index (κ2) is 7.14. The molecule has 0 aliphatic carbocycles. The smallest absolute Gasteiger partial charge is 0.314 e. The molecule has 0 fully saturated rings. The molecule has 108 valence electrons. The number of nitrogens with zero attached hydrogens (tertiary/aromatic N) is 1. The number of hydrogen-bond donors (Lipinski definition) is 1. The van der Waals surface area contributed by atoms with Crippen LogP contribution in [0.2, 0.25) is 0 Å². The molecule has 0 aliphatic heterocycles. The number of hydrogen-bond acceptors (Lipinski definition) is 3. The van der Waals surface area contributed by atoms with E-state index in [4.69, 9.17) is 0 Å². The molecule has 6 heteroatoms. The van der Waals surface area contributed by atoms with Crippen LogP contribution in [0, 0.1) is 5.92 Å². The van der Waals surface area contributed by atoms with E-state index in [9.17, 15) is 13.2 Å². The van der Waals surface area contributed by atoms with Gasteiger partial charge in [-0.1, -0.05) is 20.8 Å². The van der Waals surface area contributed by atoms with Crippen molar-refractivity contribution in [3.63, 3.8) is 0 Å². The Kier molecular flexibility index (Phi) is 6.13. The molecule has 0 aliphatic rings. The molecule has 0 spiro atoms. The summed E-state index contributed by atoms with van der Waals surface area (Å²) in [6, 6.07) is 2.94. The zero-order valence-corrected chi connectivity index (χ0v) is 12.1. The van der Waals surface area contributed by atoms with Crippen LogP contribution in [0.3, 0.4) is 0 Å². The highest BCUT2D eigenvalue weighted by molar-refractivity contribution is 7.99. The van der Waals surface area contributed by atoms with E-state index in [-0.39, 0.29) is 0 Å². The van der Waals surface area contributed by atoms with Crippen molar-refractivity contribution in [2.45, 2.75) is 38.0 Å². The number of pyridine rings is 1. The van der Waals surface area contributed by atoms with Gasteiger partial charge < -0.3 is 5.32 Å². The number of halogens is 3. The van der Waals surface area contributed by atoms with Crippen LogP contribution in [-0.2, 0) is 6.18 Å². The molecule has 1 aromatic rings. The lowest BCUT2D eigenvalue weighted by molar-refractivity contribution is -0.137. The molecular formula is C13H19F3N2S. The Morgan fingerprint density at radius 2 is 1.95 bits per heavy atom. The molecule has 1 rings (SSSR count). The van der Waals surface area contributed by atoms with Gasteiger partial charge in [0.2, 0.25) is 0 Å². The zero-order chi connectivity index (χ0) is 14.5. The van der Waals surface area contributed by atoms with Gasteiger partial charge in [-0.05, 0) is 24.6 Å². The van der Waals surface area contributed by atoms with Crippen LogP contribution in [0.25, 0.3) is 0 Å². The van der Waals surface area contributed by atoms with Crippen molar-refractivity contribution in [3.8, 4) is 0 Å². The Hall–Kier alpha value is -0.750. The van der Waals surface area contributed by atoms with E-state index in [2.05, 4.69) is 31.1 Å². The third-order valence-corrected chi connectivity index (χ3v) is 3.73. The van der Waals surface area contributed by atoms with Crippen LogP contribution < -0.4 is 5.32 Å². The molecule has 1 atom stereocenters. The van der Waals surface area contributed by atoms with Crippen LogP contribution in [0.5, 0.6) is 0 Å². The maximum absolute atomic E-state index is 12.4. The van der Waals surface area contributed by atoms with Crippen molar-refractivity contribution < 1.29 is 13.2 Å². The molecule has 0 radical (unpaired) electrons. The number of thioether (sulfide) groups is 1. The molecular weight excluding hydrogens is 273 g/mol. The van der Waals surface area contributed by atoms with Gasteiger partial charge in [0.25, 0.3) is 0 Å². The summed E-state index contributed by atoms with van der Waals surface area (Å²) in [6.07, 6.45) is -3.43. The van der Waals surface area contributed by atoms with Crippen molar-refractivity contribution in [2.75, 3.05) is 12.3 Å². The summed E-state index contributed by atoms with van der Waals surface area (Å²) in [5.41, 5.74) is -0.702. The topological polar surface area (TPSA) is 24.9 Å². The molecule has 1 heterocycles. The first kappa shape index (κ1) is 16.3. The predicted octanol–water partition coefficient (Wildman–Crippen LogP) is 3.83. The number of alkyl halides is 3. The van der Waals surface area contributed by atoms with Gasteiger partial charge in [0.05, 0.1) is 10.6 Å². The molecule has 0 aromatic carbocycles. The lowest BCUT2D eigenvalue weighted by Gasteiger charge is -2.14. The fraction of sp³-hybridized carbons (Fsp3) is 0.615. The van der Waals surface area contributed by atoms with Gasteiger partial charge in [0, 0.05) is 18.0 Å². The normalized spacial score (nSPS) is 13.8. The van der Waals surface area contributed by atoms with Crippen LogP contribution >= 0.6 is 11.8 Å². The van der Waals surface area contributed by atoms with E-state index < -0.39 is 11.7 Å². The molecule has 0 saturated carbocycles. The first-order valence-corrected chi connectivity index (χ1v) is 7.17. The van der Waals surface area contributed by atoms with Crippen molar-refractivity contribution >= 4 is 11.8 Å². The van der Waals surface area contributed by atoms with E-state index in [0.717, 1.165) is 24.6 Å². The monoisotopic (exact) mass is 292 g/mol. The zero-order valence-electron chi connectivity index (χ0n) is 11.3. The number of nitrogens with one attached hydrogen (secondary N) is 1. The average Bonchev–Trinajstić information content (AvgIpc) is 2.33. The highest BCUT2D eigenvalue weighted by Crippen LogP contribution is 2.29. The third-order valence-electron chi connectivity index (χ3n) is 2.45. The minimum absolute atomic E-state index is 0.441. The Morgan fingerprint density at radius 1 is 1.26 bits per heavy atom. The van der Waals surface area contributed by atoms with E-state index in [1.165, 1.54) is 17.8 Å². The van der Waals surface area contributed by atoms with Crippen LogP contribution in [0.4, 0.5) is 13.2 Å². The van der Waals surface area contributed by atoms with Gasteiger partial charge in [0.15, 0.2) is 0 Å². The maximum Gasteiger partial charge on any atom is 0.417 e. The first-order chi connectivity index (χ1) is 8.79. The molecule has 1 aromatic heterocycles. The summed E-state index contributed by atoms with van der Waals surface area (Å²) < 4.78 is 37.1. The fourth-order valence-corrected chi connectivity index (χ4v) is 2.22. The van der Waals surface area contributed by atoms with E-state index in [1.807, 2.05) is 0 Å². The highest BCUT2D eigenvalue weighted by atomic mass is 32.2. The van der Waals surface area contributed by atoms with Crippen molar-refractivity contribution in [1.82, 2.24) is 10.3 Å². The van der Waals surface area contributed by atoms with Gasteiger partial charge >= 0.3 is 6.18 Å². The van der Waals surface area contributed by atoms with Gasteiger partial charge in [-0.2, -0.15) is 13.2 Å². The Morgan fingerprint density at radius 3 is 2.42 bits per heavy atom. The lowest BCUT2D eigenvalue weighted by Crippen LogP contribution is -2.28. The van der Waals surface area contributed by atoms with Crippen LogP contribution in [-0.4, -0.2) is 23.3 Å². The number of rotatable bonds is 6. The van der Waals surface area contributed by atoms with Crippen LogP contribution in [0.15, 0.2) is 23.4 Å². The Bertz CT molecular complexity index is 376. The second-order valence-electron chi connectivity index (χ2n) is 4.86. The van der Waals surface area contributed by atoms with Crippen molar-refractivity contribution in [3.05, 3.63) is 23.9 Å². The van der Waals surface area contributed by atoms with Gasteiger partial charge in [-0.3, -0.25) is 0 Å². The van der Waals surface area contributed by atoms with E-state index >= 15 is 0 Å². The van der Waals surface area contributed by atoms with E-state index in [1.54, 1.807) is 0 Å². The largest absolute Gasteiger partial charge is 0.417 e. The summed E-state index contributed by atoms with van der Waals surface area (Å²) in [4.78, 5) is 3.83. The third kappa shape index (κ3) is 6.29. The van der Waals surface area contributed by atoms with E-state index in [0.29, 0.717) is 17.0 Å². The Labute approximate surface area is 116 Å². The molecule has 1 N–H and O–H groups in total. The molecule has 0 saturated heterocycles. The first-order valence-electron chi connectivity index (χ1n) is 6.18. The summed E-state index contributed by atoms with van der Waals surface area (Å²) in [5, 5.41) is 3.96. The molecule has 19 heavy (non-hydrogen) atoms. The van der Waals surface area contributed by atoms with Crippen molar-refractivity contribution in [2.24, 2.45) is 5.92 Å². The summed E-state index contributed by atoms with van der Waals surface area (Å²) >= 11 is 1.48. The standard InChI is InChI=1S/C13H19F3N2S/c1-9(2)17-6-10(3)8-19-12-5-4-11(7-18-12)13(14,15)16/h4-5,7,9-10,17H,6,8H2,1-3H3. The quantitative estimate of drug-likeness (QED) is 0.807. The average molecular weight is 292 g/mol. The predicted molar refractivity (Wildman–Crippen MR) is 72.3 cm³/mol. The maximum atomic E-state index is 12.4. The molecule has 1 unspecified atom stereocenters. The second-order valence-corrected chi connectivity index (χ2v) is 5.90. The summed E-state index contributed by atoms with van der Waals surface area (Å²) in [6.45, 7) is 7.16. The molecule has 0 bridgehead atoms. The fourth-order valence-electron chi connectivity index (χ4n) is 1.36. The molecule has 0 amide bonds. The van der Waals surface area contributed by atoms with Gasteiger partial charge in [-0.25, -0.2) is 4.98 Å². The van der Waals surface area contributed by atoms with Crippen LogP contribution in [0.1, 0.15) is 26.3 Å². The minimum Gasteiger partial charge on any atom is -0.314 e. The lowest BCUT2D eigenvalue weighted by atomic mass is 10.2. The molecule has 2 nitrogen and oxygen atoms in total. The Balaban J connectivity index is 2.42. The van der Waals surface area contributed by atoms with Crippen molar-refractivity contribution in [1.29, 1.82) is 0 Å². The SMILES string of the molecule is CC(CNC(C)C)CSc1ccc(C(F)(F)F)cn1. The minimum atomic E-state index is -4.31. The summed E-state index contributed by atoms with van der Waals surface area (Å²) in [7, 11) is 0. The highest BCUT2D eigenvalue weighted by Gasteiger charge is 2.30. The number of aromatic nitrogens is 1. The summed E-state index contributed by atoms with van der Waals surface area (Å²) in [5.74, 6) is 1.27. The van der Waals surface area contributed by atoms with Gasteiger partial charge in [-0.15, -0.1) is 11.8 Å². The van der Waals surface area contributed by atoms with Gasteiger partial charge in [0.1, 0.15) is 0 Å².